The van der Waals surface area contributed by atoms with Gasteiger partial charge >= 0.3 is 0 Å². The van der Waals surface area contributed by atoms with Crippen LogP contribution >= 0.6 is 0 Å². The van der Waals surface area contributed by atoms with E-state index in [-0.39, 0.29) is 0 Å². The van der Waals surface area contributed by atoms with Gasteiger partial charge in [0.2, 0.25) is 11.8 Å². The summed E-state index contributed by atoms with van der Waals surface area (Å²) in [6, 6.07) is 49.8. The van der Waals surface area contributed by atoms with Crippen molar-refractivity contribution in [3.05, 3.63) is 168 Å². The van der Waals surface area contributed by atoms with Crippen LogP contribution in [-0.4, -0.2) is 19.9 Å². The lowest BCUT2D eigenvalue weighted by molar-refractivity contribution is 0.619. The molecule has 0 unspecified atom stereocenters. The summed E-state index contributed by atoms with van der Waals surface area (Å²) in [5.74, 6) is 1.24. The summed E-state index contributed by atoms with van der Waals surface area (Å²) in [4.78, 5) is 20.0. The number of fused-ring (bicyclic) bond motifs is 3. The first-order valence-electron chi connectivity index (χ1n) is 18.8. The summed E-state index contributed by atoms with van der Waals surface area (Å²) in [6.07, 6.45) is 0. The average molecular weight is 725 g/mol. The number of hydrogen-bond donors (Lipinski definition) is 0. The third kappa shape index (κ3) is 5.83. The van der Waals surface area contributed by atoms with E-state index in [1.807, 2.05) is 72.8 Å². The molecule has 0 saturated heterocycles. The summed E-state index contributed by atoms with van der Waals surface area (Å²) in [7, 11) is 0. The molecule has 0 radical (unpaired) electrons. The van der Waals surface area contributed by atoms with Crippen molar-refractivity contribution in [2.75, 3.05) is 0 Å². The predicted octanol–water partition coefficient (Wildman–Crippen LogP) is 13.1. The molecule has 7 aromatic carbocycles. The summed E-state index contributed by atoms with van der Waals surface area (Å²) < 4.78 is 12.1. The molecule has 0 aliphatic rings. The highest BCUT2D eigenvalue weighted by molar-refractivity contribution is 5.90. The molecule has 0 saturated carbocycles. The monoisotopic (exact) mass is 724 g/mol. The quantitative estimate of drug-likeness (QED) is 0.170. The van der Waals surface area contributed by atoms with E-state index in [0.717, 1.165) is 100 Å². The first kappa shape index (κ1) is 33.4. The Kier molecular flexibility index (Phi) is 7.92. The van der Waals surface area contributed by atoms with Gasteiger partial charge in [0.15, 0.2) is 11.2 Å². The van der Waals surface area contributed by atoms with Crippen molar-refractivity contribution in [1.82, 2.24) is 19.9 Å². The normalized spacial score (nSPS) is 11.6. The summed E-state index contributed by atoms with van der Waals surface area (Å²) >= 11 is 0. The topological polar surface area (TPSA) is 77.8 Å². The van der Waals surface area contributed by atoms with Gasteiger partial charge in [-0.05, 0) is 145 Å². The largest absolute Gasteiger partial charge is 0.436 e. The third-order valence-electron chi connectivity index (χ3n) is 10.7. The van der Waals surface area contributed by atoms with Crippen LogP contribution in [0.2, 0.25) is 0 Å². The Hall–Kier alpha value is -7.18. The van der Waals surface area contributed by atoms with Gasteiger partial charge in [0.05, 0.1) is 22.4 Å². The molecule has 0 aliphatic carbocycles. The fourth-order valence-corrected chi connectivity index (χ4v) is 7.72. The number of aromatic nitrogens is 4. The molecule has 0 bridgehead atoms. The highest BCUT2D eigenvalue weighted by atomic mass is 16.4. The van der Waals surface area contributed by atoms with Crippen molar-refractivity contribution in [2.24, 2.45) is 0 Å². The summed E-state index contributed by atoms with van der Waals surface area (Å²) in [6.45, 7) is 8.66. The van der Waals surface area contributed by atoms with Gasteiger partial charge in [-0.2, -0.15) is 0 Å². The zero-order valence-corrected chi connectivity index (χ0v) is 31.5. The van der Waals surface area contributed by atoms with E-state index in [2.05, 4.69) is 110 Å². The smallest absolute Gasteiger partial charge is 0.227 e. The third-order valence-corrected chi connectivity index (χ3v) is 10.7. The zero-order chi connectivity index (χ0) is 37.9. The molecule has 10 rings (SSSR count). The maximum atomic E-state index is 6.03. The Morgan fingerprint density at radius 3 is 1.04 bits per heavy atom. The lowest BCUT2D eigenvalue weighted by atomic mass is 9.89. The van der Waals surface area contributed by atoms with Crippen molar-refractivity contribution in [3.63, 3.8) is 0 Å². The lowest BCUT2D eigenvalue weighted by Gasteiger charge is -2.18. The van der Waals surface area contributed by atoms with E-state index in [1.54, 1.807) is 0 Å². The highest BCUT2D eigenvalue weighted by Crippen LogP contribution is 2.40. The van der Waals surface area contributed by atoms with Crippen LogP contribution in [0.15, 0.2) is 154 Å². The maximum Gasteiger partial charge on any atom is 0.227 e. The second-order valence-corrected chi connectivity index (χ2v) is 14.5. The van der Waals surface area contributed by atoms with Gasteiger partial charge in [0.25, 0.3) is 0 Å². The SMILES string of the molecule is Cc1cc(-c2nc3ccccc3nc2-c2cc(C)c(-c3ccc(-c4nc5ccccc5o4)cc3)cc2C)c(C)cc1-c1ccc(-c2nc3ccccc3o2)cc1. The minimum Gasteiger partial charge on any atom is -0.436 e. The Balaban J connectivity index is 1.01. The molecule has 0 amide bonds. The Morgan fingerprint density at radius 2 is 0.643 bits per heavy atom. The molecule has 0 spiro atoms. The Labute approximate surface area is 324 Å². The number of hydrogen-bond acceptors (Lipinski definition) is 6. The van der Waals surface area contributed by atoms with E-state index in [1.165, 1.54) is 11.1 Å². The van der Waals surface area contributed by atoms with E-state index in [9.17, 15) is 0 Å². The van der Waals surface area contributed by atoms with Gasteiger partial charge < -0.3 is 8.83 Å². The van der Waals surface area contributed by atoms with E-state index < -0.39 is 0 Å². The van der Waals surface area contributed by atoms with Crippen molar-refractivity contribution >= 4 is 33.2 Å². The summed E-state index contributed by atoms with van der Waals surface area (Å²) in [5, 5.41) is 0. The molecule has 0 N–H and O–H groups in total. The molecule has 6 heteroatoms. The number of rotatable bonds is 6. The van der Waals surface area contributed by atoms with Gasteiger partial charge in [-0.25, -0.2) is 19.9 Å². The highest BCUT2D eigenvalue weighted by Gasteiger charge is 2.20. The van der Waals surface area contributed by atoms with Gasteiger partial charge in [-0.1, -0.05) is 72.8 Å². The number of benzene rings is 7. The van der Waals surface area contributed by atoms with Crippen molar-refractivity contribution in [2.45, 2.75) is 27.7 Å². The van der Waals surface area contributed by atoms with E-state index in [0.29, 0.717) is 11.8 Å². The van der Waals surface area contributed by atoms with E-state index >= 15 is 0 Å². The predicted molar refractivity (Wildman–Crippen MR) is 226 cm³/mol. The molecule has 0 fully saturated rings. The Bertz CT molecular complexity index is 2840. The van der Waals surface area contributed by atoms with Gasteiger partial charge in [-0.3, -0.25) is 0 Å². The second-order valence-electron chi connectivity index (χ2n) is 14.5. The lowest BCUT2D eigenvalue weighted by Crippen LogP contribution is -2.00. The second kappa shape index (κ2) is 13.3. The molecule has 3 heterocycles. The van der Waals surface area contributed by atoms with Crippen LogP contribution in [0.4, 0.5) is 0 Å². The number of aryl methyl sites for hydroxylation is 4. The molecule has 0 aliphatic heterocycles. The van der Waals surface area contributed by atoms with Crippen LogP contribution in [-0.2, 0) is 0 Å². The molecule has 56 heavy (non-hydrogen) atoms. The molecule has 10 aromatic rings. The fourth-order valence-electron chi connectivity index (χ4n) is 7.72. The van der Waals surface area contributed by atoms with Gasteiger partial charge in [-0.15, -0.1) is 0 Å². The van der Waals surface area contributed by atoms with Crippen LogP contribution in [0, 0.1) is 27.7 Å². The minimum absolute atomic E-state index is 0.622. The van der Waals surface area contributed by atoms with Crippen LogP contribution in [0.25, 0.3) is 101 Å². The molecule has 3 aromatic heterocycles. The van der Waals surface area contributed by atoms with Crippen LogP contribution in [0.1, 0.15) is 22.3 Å². The van der Waals surface area contributed by atoms with Crippen LogP contribution in [0.5, 0.6) is 0 Å². The fraction of sp³-hybridized carbons (Fsp3) is 0.0800. The van der Waals surface area contributed by atoms with Crippen molar-refractivity contribution < 1.29 is 8.83 Å². The van der Waals surface area contributed by atoms with Crippen LogP contribution in [0.3, 0.4) is 0 Å². The van der Waals surface area contributed by atoms with Crippen molar-refractivity contribution in [3.8, 4) is 67.7 Å². The Morgan fingerprint density at radius 1 is 0.321 bits per heavy atom. The first-order chi connectivity index (χ1) is 27.4. The number of para-hydroxylation sites is 6. The minimum atomic E-state index is 0.622. The van der Waals surface area contributed by atoms with Crippen LogP contribution < -0.4 is 0 Å². The first-order valence-corrected chi connectivity index (χ1v) is 18.8. The number of nitrogens with zero attached hydrogens (tertiary/aromatic N) is 4. The van der Waals surface area contributed by atoms with Crippen molar-refractivity contribution in [1.29, 1.82) is 0 Å². The molecular weight excluding hydrogens is 689 g/mol. The number of oxazole rings is 2. The molecular formula is C50H36N4O2. The van der Waals surface area contributed by atoms with Gasteiger partial charge in [0, 0.05) is 22.3 Å². The zero-order valence-electron chi connectivity index (χ0n) is 31.5. The standard InChI is InChI=1S/C50H36N4O2/c1-29-27-39(31(3)25-37(29)33-17-21-35(22-18-33)49-53-43-13-7-9-15-45(43)55-49)47-48(52-42-12-6-5-11-41(42)51-47)40-28-30(2)38(26-32(40)4)34-19-23-36(24-20-34)50-54-44-14-8-10-16-46(44)56-50/h5-28H,1-4H3. The average Bonchev–Trinajstić information content (AvgIpc) is 3.87. The molecule has 268 valence electrons. The molecule has 6 nitrogen and oxygen atoms in total. The van der Waals surface area contributed by atoms with Gasteiger partial charge in [0.1, 0.15) is 11.0 Å². The summed E-state index contributed by atoms with van der Waals surface area (Å²) in [5.41, 5.74) is 20.0. The maximum absolute atomic E-state index is 6.03. The van der Waals surface area contributed by atoms with E-state index in [4.69, 9.17) is 18.8 Å². The molecule has 0 atom stereocenters.